The Morgan fingerprint density at radius 1 is 1.47 bits per heavy atom. The molecule has 1 N–H and O–H groups in total. The molecule has 5 heteroatoms. The van der Waals surface area contributed by atoms with Crippen LogP contribution in [0.5, 0.6) is 5.75 Å². The van der Waals surface area contributed by atoms with Crippen LogP contribution in [-0.4, -0.2) is 18.2 Å². The molecule has 0 amide bonds. The number of rotatable bonds is 3. The van der Waals surface area contributed by atoms with Gasteiger partial charge in [-0.1, -0.05) is 15.9 Å². The van der Waals surface area contributed by atoms with E-state index in [1.54, 1.807) is 6.07 Å². The molecular formula is C10H8Br2O3. The Hall–Kier alpha value is -0.810. The van der Waals surface area contributed by atoms with E-state index in [9.17, 15) is 4.79 Å². The van der Waals surface area contributed by atoms with E-state index in [0.29, 0.717) is 11.3 Å². The molecule has 15 heavy (non-hydrogen) atoms. The molecule has 3 nitrogen and oxygen atoms in total. The molecule has 0 bridgehead atoms. The predicted octanol–water partition coefficient (Wildman–Crippen LogP) is 3.32. The highest BCUT2D eigenvalue weighted by Crippen LogP contribution is 2.33. The van der Waals surface area contributed by atoms with E-state index in [0.717, 1.165) is 15.0 Å². The van der Waals surface area contributed by atoms with E-state index >= 15 is 0 Å². The third kappa shape index (κ3) is 3.35. The molecule has 0 radical (unpaired) electrons. The van der Waals surface area contributed by atoms with Crippen LogP contribution in [0.3, 0.4) is 0 Å². The van der Waals surface area contributed by atoms with Crippen molar-refractivity contribution in [3.63, 3.8) is 0 Å². The van der Waals surface area contributed by atoms with Gasteiger partial charge in [-0.2, -0.15) is 0 Å². The number of aliphatic carboxylic acids is 1. The van der Waals surface area contributed by atoms with Crippen LogP contribution in [0.4, 0.5) is 0 Å². The van der Waals surface area contributed by atoms with Crippen LogP contribution in [0.2, 0.25) is 0 Å². The van der Waals surface area contributed by atoms with E-state index in [4.69, 9.17) is 9.84 Å². The lowest BCUT2D eigenvalue weighted by Gasteiger charge is -2.07. The molecule has 0 saturated carbocycles. The van der Waals surface area contributed by atoms with Crippen molar-refractivity contribution in [1.29, 1.82) is 0 Å². The lowest BCUT2D eigenvalue weighted by molar-refractivity contribution is -0.131. The first-order chi connectivity index (χ1) is 7.04. The average Bonchev–Trinajstić information content (AvgIpc) is 2.13. The van der Waals surface area contributed by atoms with Crippen molar-refractivity contribution in [2.75, 3.05) is 7.11 Å². The zero-order valence-corrected chi connectivity index (χ0v) is 11.0. The highest BCUT2D eigenvalue weighted by Gasteiger charge is 2.06. The van der Waals surface area contributed by atoms with E-state index in [1.165, 1.54) is 13.2 Å². The number of methoxy groups -OCH3 is 1. The van der Waals surface area contributed by atoms with Gasteiger partial charge < -0.3 is 9.84 Å². The molecule has 0 unspecified atom stereocenters. The molecule has 0 aliphatic heterocycles. The summed E-state index contributed by atoms with van der Waals surface area (Å²) in [6.45, 7) is 0. The minimum absolute atomic E-state index is 0.607. The van der Waals surface area contributed by atoms with Crippen molar-refractivity contribution in [3.05, 3.63) is 32.7 Å². The van der Waals surface area contributed by atoms with Crippen LogP contribution in [0, 0.1) is 0 Å². The van der Waals surface area contributed by atoms with Crippen LogP contribution >= 0.6 is 31.9 Å². The van der Waals surface area contributed by atoms with Gasteiger partial charge in [0.2, 0.25) is 0 Å². The van der Waals surface area contributed by atoms with Crippen LogP contribution < -0.4 is 4.74 Å². The highest BCUT2D eigenvalue weighted by molar-refractivity contribution is 9.11. The maximum Gasteiger partial charge on any atom is 0.328 e. The molecule has 0 saturated heterocycles. The number of carbonyl (C=O) groups is 1. The van der Waals surface area contributed by atoms with E-state index in [-0.39, 0.29) is 0 Å². The maximum atomic E-state index is 10.4. The van der Waals surface area contributed by atoms with Crippen LogP contribution in [0.15, 0.2) is 27.2 Å². The van der Waals surface area contributed by atoms with Crippen molar-refractivity contribution < 1.29 is 14.6 Å². The standard InChI is InChI=1S/C10H8Br2O3/c1-15-10-6(2-3-9(13)14)4-7(11)5-8(10)12/h2-5H,1H3,(H,13,14)/b3-2+. The minimum Gasteiger partial charge on any atom is -0.495 e. The number of benzene rings is 1. The Morgan fingerprint density at radius 3 is 2.67 bits per heavy atom. The van der Waals surface area contributed by atoms with Crippen molar-refractivity contribution in [3.8, 4) is 5.75 Å². The summed E-state index contributed by atoms with van der Waals surface area (Å²) < 4.78 is 6.77. The summed E-state index contributed by atoms with van der Waals surface area (Å²) in [5.74, 6) is -0.385. The molecule has 0 aliphatic rings. The molecule has 80 valence electrons. The fourth-order valence-electron chi connectivity index (χ4n) is 1.08. The molecule has 0 aromatic heterocycles. The van der Waals surface area contributed by atoms with Gasteiger partial charge in [-0.05, 0) is 34.1 Å². The van der Waals surface area contributed by atoms with Gasteiger partial charge in [0, 0.05) is 16.1 Å². The van der Waals surface area contributed by atoms with Crippen LogP contribution in [0.25, 0.3) is 6.08 Å². The van der Waals surface area contributed by atoms with Gasteiger partial charge in [0.25, 0.3) is 0 Å². The van der Waals surface area contributed by atoms with Crippen molar-refractivity contribution in [1.82, 2.24) is 0 Å². The Balaban J connectivity index is 3.20. The summed E-state index contributed by atoms with van der Waals surface area (Å²) in [4.78, 5) is 10.4. The summed E-state index contributed by atoms with van der Waals surface area (Å²) in [7, 11) is 1.53. The summed E-state index contributed by atoms with van der Waals surface area (Å²) in [6, 6.07) is 3.61. The molecule has 1 aromatic carbocycles. The molecule has 0 heterocycles. The van der Waals surface area contributed by atoms with Gasteiger partial charge >= 0.3 is 5.97 Å². The lowest BCUT2D eigenvalue weighted by Crippen LogP contribution is -1.90. The average molecular weight is 336 g/mol. The second kappa shape index (κ2) is 5.32. The minimum atomic E-state index is -0.992. The summed E-state index contributed by atoms with van der Waals surface area (Å²) >= 11 is 6.65. The fourth-order valence-corrected chi connectivity index (χ4v) is 2.50. The molecular weight excluding hydrogens is 328 g/mol. The Labute approximate surface area is 104 Å². The molecule has 0 aliphatic carbocycles. The number of ether oxygens (including phenoxy) is 1. The second-order valence-corrected chi connectivity index (χ2v) is 4.45. The molecule has 0 atom stereocenters. The molecule has 1 aromatic rings. The topological polar surface area (TPSA) is 46.5 Å². The Bertz CT molecular complexity index is 413. The van der Waals surface area contributed by atoms with Gasteiger partial charge in [-0.25, -0.2) is 4.79 Å². The first-order valence-corrected chi connectivity index (χ1v) is 5.57. The second-order valence-electron chi connectivity index (χ2n) is 2.68. The predicted molar refractivity (Wildman–Crippen MR) is 65.1 cm³/mol. The maximum absolute atomic E-state index is 10.4. The number of hydrogen-bond donors (Lipinski definition) is 1. The zero-order chi connectivity index (χ0) is 11.4. The number of halogens is 2. The molecule has 0 spiro atoms. The molecule has 1 rings (SSSR count). The van der Waals surface area contributed by atoms with Crippen molar-refractivity contribution in [2.45, 2.75) is 0 Å². The van der Waals surface area contributed by atoms with Crippen LogP contribution in [-0.2, 0) is 4.79 Å². The Kier molecular flexibility index (Phi) is 4.35. The summed E-state index contributed by atoms with van der Waals surface area (Å²) in [5, 5.41) is 8.53. The number of carboxylic acid groups (broad SMARTS) is 1. The van der Waals surface area contributed by atoms with Gasteiger partial charge in [0.15, 0.2) is 0 Å². The third-order valence-corrected chi connectivity index (χ3v) is 2.69. The largest absolute Gasteiger partial charge is 0.495 e. The summed E-state index contributed by atoms with van der Waals surface area (Å²) in [6.07, 6.45) is 2.55. The highest BCUT2D eigenvalue weighted by atomic mass is 79.9. The first-order valence-electron chi connectivity index (χ1n) is 3.98. The van der Waals surface area contributed by atoms with Gasteiger partial charge in [-0.3, -0.25) is 0 Å². The number of carboxylic acids is 1. The monoisotopic (exact) mass is 334 g/mol. The SMILES string of the molecule is COc1c(Br)cc(Br)cc1/C=C/C(=O)O. The zero-order valence-electron chi connectivity index (χ0n) is 7.83. The van der Waals surface area contributed by atoms with Crippen LogP contribution in [0.1, 0.15) is 5.56 Å². The lowest BCUT2D eigenvalue weighted by atomic mass is 10.2. The van der Waals surface area contributed by atoms with Crippen molar-refractivity contribution >= 4 is 43.9 Å². The van der Waals surface area contributed by atoms with Gasteiger partial charge in [0.1, 0.15) is 5.75 Å². The Morgan fingerprint density at radius 2 is 2.13 bits per heavy atom. The van der Waals surface area contributed by atoms with Gasteiger partial charge in [0.05, 0.1) is 11.6 Å². The van der Waals surface area contributed by atoms with E-state index < -0.39 is 5.97 Å². The fraction of sp³-hybridized carbons (Fsp3) is 0.100. The first kappa shape index (κ1) is 12.3. The van der Waals surface area contributed by atoms with E-state index in [1.807, 2.05) is 6.07 Å². The van der Waals surface area contributed by atoms with E-state index in [2.05, 4.69) is 31.9 Å². The smallest absolute Gasteiger partial charge is 0.328 e. The normalized spacial score (nSPS) is 10.6. The van der Waals surface area contributed by atoms with Gasteiger partial charge in [-0.15, -0.1) is 0 Å². The third-order valence-electron chi connectivity index (χ3n) is 1.65. The number of hydrogen-bond acceptors (Lipinski definition) is 2. The summed E-state index contributed by atoms with van der Waals surface area (Å²) in [5.41, 5.74) is 0.696. The van der Waals surface area contributed by atoms with Crippen molar-refractivity contribution in [2.24, 2.45) is 0 Å². The quantitative estimate of drug-likeness (QED) is 0.862. The molecule has 0 fully saturated rings.